The number of alkyl halides is 2. The average molecular weight is 694 g/mol. The monoisotopic (exact) mass is 693 g/mol. The Balaban J connectivity index is 1.24. The normalized spacial score (nSPS) is 15.1. The molecule has 0 aliphatic heterocycles. The number of aryl methyl sites for hydroxylation is 2. The molecule has 268 valence electrons. The van der Waals surface area contributed by atoms with Crippen LogP contribution in [0.25, 0.3) is 11.1 Å². The topological polar surface area (TPSA) is 119 Å². The zero-order valence-electron chi connectivity index (χ0n) is 29.2. The maximum absolute atomic E-state index is 13.5. The maximum atomic E-state index is 13.5. The second kappa shape index (κ2) is 18.5. The lowest BCUT2D eigenvalue weighted by molar-refractivity contribution is -0.125. The minimum absolute atomic E-state index is 0.00187. The number of nitrogens with zero attached hydrogens (tertiary/aromatic N) is 1. The third-order valence-electron chi connectivity index (χ3n) is 10.1. The predicted molar refractivity (Wildman–Crippen MR) is 200 cm³/mol. The molecule has 0 radical (unpaired) electrons. The maximum Gasteiger partial charge on any atom is 0.263 e. The van der Waals surface area contributed by atoms with E-state index in [-0.39, 0.29) is 29.6 Å². The fraction of sp³-hybridized carbons (Fsp3) is 0.372. The summed E-state index contributed by atoms with van der Waals surface area (Å²) in [5.41, 5.74) is 18.2. The second-order valence-electron chi connectivity index (χ2n) is 13.8. The van der Waals surface area contributed by atoms with Gasteiger partial charge in [0.05, 0.1) is 6.54 Å². The van der Waals surface area contributed by atoms with Crippen molar-refractivity contribution in [2.45, 2.75) is 95.0 Å². The Bertz CT molecular complexity index is 1770. The van der Waals surface area contributed by atoms with E-state index in [4.69, 9.17) is 11.5 Å². The third-order valence-corrected chi connectivity index (χ3v) is 10.1. The van der Waals surface area contributed by atoms with E-state index in [1.54, 1.807) is 12.1 Å². The number of aliphatic hydroxyl groups excluding tert-OH is 1. The van der Waals surface area contributed by atoms with Crippen LogP contribution in [-0.4, -0.2) is 35.3 Å². The fourth-order valence-corrected chi connectivity index (χ4v) is 7.13. The van der Waals surface area contributed by atoms with Crippen molar-refractivity contribution in [3.05, 3.63) is 130 Å². The van der Waals surface area contributed by atoms with E-state index in [0.717, 1.165) is 35.1 Å². The van der Waals surface area contributed by atoms with E-state index in [2.05, 4.69) is 29.3 Å². The van der Waals surface area contributed by atoms with Gasteiger partial charge in [0, 0.05) is 24.0 Å². The number of primary amides is 1. The zero-order valence-corrected chi connectivity index (χ0v) is 29.2. The zero-order chi connectivity index (χ0) is 36.2. The van der Waals surface area contributed by atoms with Gasteiger partial charge in [-0.3, -0.25) is 14.6 Å². The SMILES string of the molecule is NC(=O)[C@H](O)CN=C(N)c1ccc(CCC(CC(=O)CCCc2ccccc2-c2cccc(C(F)F)c2)c2ccc(C3CCCCC3)cc2)cc1. The number of carbonyl (C=O) groups is 2. The van der Waals surface area contributed by atoms with Crippen LogP contribution in [0.5, 0.6) is 0 Å². The number of amides is 1. The number of rotatable bonds is 17. The molecule has 1 saturated carbocycles. The van der Waals surface area contributed by atoms with Gasteiger partial charge in [-0.05, 0) is 89.8 Å². The Kier molecular flexibility index (Phi) is 13.6. The standard InChI is InChI=1S/C43H49F2N3O3/c44-41(45)37-13-6-12-36(26-37)39-15-5-4-10-33(39)11-7-14-38(49)27-35(32-24-22-31(23-25-32)30-8-2-1-3-9-30)21-18-29-16-19-34(20-17-29)42(46)48-28-40(50)43(47)51/h4-6,10,12-13,15-17,19-20,22-26,30,35,40-41,50H,1-3,7-9,11,14,18,21,27-28H2,(H2,46,48)(H2,47,51)/t35?,40-/m1/s1. The van der Waals surface area contributed by atoms with E-state index in [9.17, 15) is 23.5 Å². The smallest absolute Gasteiger partial charge is 0.263 e. The van der Waals surface area contributed by atoms with Crippen LogP contribution in [-0.2, 0) is 22.4 Å². The highest BCUT2D eigenvalue weighted by Gasteiger charge is 2.20. The third kappa shape index (κ3) is 10.9. The molecule has 4 aromatic rings. The van der Waals surface area contributed by atoms with Gasteiger partial charge in [0.25, 0.3) is 6.43 Å². The number of benzene rings is 4. The van der Waals surface area contributed by atoms with Crippen LogP contribution in [0.4, 0.5) is 8.78 Å². The quantitative estimate of drug-likeness (QED) is 0.0758. The lowest BCUT2D eigenvalue weighted by Crippen LogP contribution is -2.31. The van der Waals surface area contributed by atoms with Crippen LogP contribution >= 0.6 is 0 Å². The number of hydrogen-bond donors (Lipinski definition) is 3. The first-order chi connectivity index (χ1) is 24.7. The summed E-state index contributed by atoms with van der Waals surface area (Å²) >= 11 is 0. The number of hydrogen-bond acceptors (Lipinski definition) is 4. The summed E-state index contributed by atoms with van der Waals surface area (Å²) in [5, 5.41) is 9.62. The van der Waals surface area contributed by atoms with E-state index in [1.165, 1.54) is 49.3 Å². The molecule has 0 heterocycles. The summed E-state index contributed by atoms with van der Waals surface area (Å²) < 4.78 is 26.8. The first-order valence-electron chi connectivity index (χ1n) is 18.1. The summed E-state index contributed by atoms with van der Waals surface area (Å²) in [4.78, 5) is 28.7. The van der Waals surface area contributed by atoms with Gasteiger partial charge >= 0.3 is 0 Å². The van der Waals surface area contributed by atoms with Gasteiger partial charge in [0.15, 0.2) is 6.10 Å². The van der Waals surface area contributed by atoms with Gasteiger partial charge in [-0.1, -0.05) is 110 Å². The summed E-state index contributed by atoms with van der Waals surface area (Å²) in [6, 6.07) is 31.0. The highest BCUT2D eigenvalue weighted by Crippen LogP contribution is 2.35. The van der Waals surface area contributed by atoms with Crippen molar-refractivity contribution in [1.29, 1.82) is 0 Å². The van der Waals surface area contributed by atoms with Crippen molar-refractivity contribution in [3.63, 3.8) is 0 Å². The molecule has 1 unspecified atom stereocenters. The molecule has 5 N–H and O–H groups in total. The molecule has 1 aliphatic rings. The van der Waals surface area contributed by atoms with Gasteiger partial charge in [-0.2, -0.15) is 0 Å². The molecule has 6 nitrogen and oxygen atoms in total. The number of carbonyl (C=O) groups excluding carboxylic acids is 2. The van der Waals surface area contributed by atoms with E-state index in [0.29, 0.717) is 37.2 Å². The Hall–Kier alpha value is -4.69. The molecule has 51 heavy (non-hydrogen) atoms. The Morgan fingerprint density at radius 1 is 0.824 bits per heavy atom. The minimum Gasteiger partial charge on any atom is -0.384 e. The number of ketones is 1. The number of Topliss-reactive ketones (excluding diaryl/α,β-unsaturated/α-hetero) is 1. The second-order valence-corrected chi connectivity index (χ2v) is 13.8. The number of aliphatic hydroxyl groups is 1. The largest absolute Gasteiger partial charge is 0.384 e. The van der Waals surface area contributed by atoms with Crippen LogP contribution in [0.3, 0.4) is 0 Å². The summed E-state index contributed by atoms with van der Waals surface area (Å²) in [6.07, 6.45) is 6.25. The number of nitrogens with two attached hydrogens (primary N) is 2. The molecule has 8 heteroatoms. The lowest BCUT2D eigenvalue weighted by Gasteiger charge is -2.23. The summed E-state index contributed by atoms with van der Waals surface area (Å²) in [5.74, 6) is 0.254. The Morgan fingerprint density at radius 2 is 1.55 bits per heavy atom. The number of aliphatic imine (C=N–C) groups is 1. The highest BCUT2D eigenvalue weighted by atomic mass is 19.3. The van der Waals surface area contributed by atoms with Crippen molar-refractivity contribution >= 4 is 17.5 Å². The van der Waals surface area contributed by atoms with Crippen molar-refractivity contribution in [2.75, 3.05) is 6.54 Å². The van der Waals surface area contributed by atoms with Crippen molar-refractivity contribution in [1.82, 2.24) is 0 Å². The van der Waals surface area contributed by atoms with Crippen LogP contribution < -0.4 is 11.5 Å². The van der Waals surface area contributed by atoms with E-state index < -0.39 is 18.4 Å². The molecule has 4 aromatic carbocycles. The van der Waals surface area contributed by atoms with Crippen LogP contribution in [0.15, 0.2) is 102 Å². The molecular formula is C43H49F2N3O3. The van der Waals surface area contributed by atoms with Crippen molar-refractivity contribution in [3.8, 4) is 11.1 Å². The lowest BCUT2D eigenvalue weighted by atomic mass is 9.82. The van der Waals surface area contributed by atoms with Crippen molar-refractivity contribution < 1.29 is 23.5 Å². The molecule has 0 saturated heterocycles. The minimum atomic E-state index is -2.53. The molecule has 0 spiro atoms. The molecule has 0 aromatic heterocycles. The van der Waals surface area contributed by atoms with Gasteiger partial charge < -0.3 is 16.6 Å². The highest BCUT2D eigenvalue weighted by molar-refractivity contribution is 5.97. The predicted octanol–water partition coefficient (Wildman–Crippen LogP) is 8.59. The first kappa shape index (κ1) is 37.6. The molecule has 1 aliphatic carbocycles. The molecule has 2 atom stereocenters. The van der Waals surface area contributed by atoms with Gasteiger partial charge in [-0.25, -0.2) is 8.78 Å². The molecule has 0 bridgehead atoms. The van der Waals surface area contributed by atoms with Crippen molar-refractivity contribution in [2.24, 2.45) is 16.5 Å². The van der Waals surface area contributed by atoms with E-state index in [1.807, 2.05) is 54.6 Å². The van der Waals surface area contributed by atoms with Gasteiger partial charge in [-0.15, -0.1) is 0 Å². The summed E-state index contributed by atoms with van der Waals surface area (Å²) in [7, 11) is 0. The number of amidine groups is 1. The fourth-order valence-electron chi connectivity index (χ4n) is 7.13. The average Bonchev–Trinajstić information content (AvgIpc) is 3.16. The molecule has 1 amide bonds. The van der Waals surface area contributed by atoms with Crippen LogP contribution in [0.2, 0.25) is 0 Å². The molecular weight excluding hydrogens is 644 g/mol. The van der Waals surface area contributed by atoms with Gasteiger partial charge in [0.1, 0.15) is 11.6 Å². The Morgan fingerprint density at radius 3 is 2.25 bits per heavy atom. The van der Waals surface area contributed by atoms with E-state index >= 15 is 0 Å². The molecule has 1 fully saturated rings. The summed E-state index contributed by atoms with van der Waals surface area (Å²) in [6.45, 7) is -0.195. The van der Waals surface area contributed by atoms with Gasteiger partial charge in [0.2, 0.25) is 5.91 Å². The first-order valence-corrected chi connectivity index (χ1v) is 18.1. The van der Waals surface area contributed by atoms with Crippen LogP contribution in [0, 0.1) is 0 Å². The molecule has 5 rings (SSSR count). The Labute approximate surface area is 300 Å². The number of halogens is 2. The van der Waals surface area contributed by atoms with Crippen LogP contribution in [0.1, 0.15) is 109 Å².